The molecule has 1 aliphatic heterocycles. The maximum Gasteiger partial charge on any atom is 0.411 e. The molecule has 3 atom stereocenters. The van der Waals surface area contributed by atoms with E-state index in [1.165, 1.54) is 0 Å². The van der Waals surface area contributed by atoms with E-state index in [4.69, 9.17) is 10.5 Å². The van der Waals surface area contributed by atoms with Crippen molar-refractivity contribution < 1.29 is 17.9 Å². The van der Waals surface area contributed by atoms with Crippen molar-refractivity contribution in [2.45, 2.75) is 43.1 Å². The summed E-state index contributed by atoms with van der Waals surface area (Å²) in [7, 11) is 0. The first kappa shape index (κ1) is 17.5. The number of rotatable bonds is 6. The molecule has 4 nitrogen and oxygen atoms in total. The summed E-state index contributed by atoms with van der Waals surface area (Å²) in [5.41, 5.74) is 4.56. The number of halogens is 3. The summed E-state index contributed by atoms with van der Waals surface area (Å²) >= 11 is 0. The van der Waals surface area contributed by atoms with Gasteiger partial charge in [0.1, 0.15) is 12.2 Å². The van der Waals surface area contributed by atoms with Crippen molar-refractivity contribution in [1.82, 2.24) is 10.6 Å². The molecule has 1 aliphatic carbocycles. The van der Waals surface area contributed by atoms with Crippen LogP contribution < -0.4 is 16.4 Å². The van der Waals surface area contributed by atoms with E-state index in [9.17, 15) is 13.2 Å². The summed E-state index contributed by atoms with van der Waals surface area (Å²) in [6, 6.07) is 0.0977. The highest BCUT2D eigenvalue weighted by Gasteiger charge is 2.43. The molecule has 0 spiro atoms. The molecule has 0 saturated carbocycles. The fourth-order valence-corrected chi connectivity index (χ4v) is 3.06. The van der Waals surface area contributed by atoms with E-state index in [-0.39, 0.29) is 12.1 Å². The van der Waals surface area contributed by atoms with Crippen LogP contribution in [0.2, 0.25) is 0 Å². The summed E-state index contributed by atoms with van der Waals surface area (Å²) in [4.78, 5) is 0. The Balaban J connectivity index is 2.04. The number of hydrogen-bond donors (Lipinski definition) is 3. The van der Waals surface area contributed by atoms with Crippen LogP contribution >= 0.6 is 0 Å². The summed E-state index contributed by atoms with van der Waals surface area (Å²) in [6.45, 7) is 0.780. The van der Waals surface area contributed by atoms with Gasteiger partial charge in [-0.3, -0.25) is 0 Å². The van der Waals surface area contributed by atoms with Gasteiger partial charge >= 0.3 is 6.18 Å². The Bertz CT molecular complexity index is 411. The van der Waals surface area contributed by atoms with E-state index in [0.717, 1.165) is 19.4 Å². The van der Waals surface area contributed by atoms with Gasteiger partial charge in [-0.1, -0.05) is 24.3 Å². The molecule has 0 radical (unpaired) electrons. The van der Waals surface area contributed by atoms with E-state index in [1.54, 1.807) is 12.2 Å². The van der Waals surface area contributed by atoms with Gasteiger partial charge in [0.15, 0.2) is 0 Å². The van der Waals surface area contributed by atoms with Crippen molar-refractivity contribution in [1.29, 1.82) is 0 Å². The quantitative estimate of drug-likeness (QED) is 0.694. The van der Waals surface area contributed by atoms with Crippen LogP contribution in [0, 0.1) is 0 Å². The molecule has 1 fully saturated rings. The van der Waals surface area contributed by atoms with Crippen LogP contribution in [-0.2, 0) is 4.74 Å². The minimum Gasteiger partial charge on any atom is -0.360 e. The van der Waals surface area contributed by atoms with Crippen molar-refractivity contribution in [3.63, 3.8) is 0 Å². The molecule has 0 aromatic rings. The van der Waals surface area contributed by atoms with Crippen LogP contribution in [0.1, 0.15) is 19.3 Å². The van der Waals surface area contributed by atoms with Gasteiger partial charge in [0.05, 0.1) is 0 Å². The number of nitrogens with one attached hydrogen (secondary N) is 2. The first-order chi connectivity index (χ1) is 10.5. The standard InChI is InChI=1S/C15H24F3N3O/c16-15(17,18)11-22-14(5-2-1-3-6-14)13-10-12(4-8-21-13)20-9-7-19/h1-3,5,12-13,20-21H,4,6-11,19H2. The minimum absolute atomic E-state index is 0.153. The highest BCUT2D eigenvalue weighted by molar-refractivity contribution is 5.22. The SMILES string of the molecule is NCCNC1CCNC(C2(OCC(F)(F)F)C=CC=CC2)C1. The van der Waals surface area contributed by atoms with Crippen LogP contribution in [0.4, 0.5) is 13.2 Å². The van der Waals surface area contributed by atoms with Crippen LogP contribution in [0.5, 0.6) is 0 Å². The molecule has 0 aromatic heterocycles. The second-order valence-electron chi connectivity index (χ2n) is 5.82. The van der Waals surface area contributed by atoms with Crippen molar-refractivity contribution in [2.75, 3.05) is 26.2 Å². The summed E-state index contributed by atoms with van der Waals surface area (Å²) < 4.78 is 43.1. The molecule has 22 heavy (non-hydrogen) atoms. The number of piperidine rings is 1. The Morgan fingerprint density at radius 2 is 2.18 bits per heavy atom. The van der Waals surface area contributed by atoms with Gasteiger partial charge in [-0.15, -0.1) is 0 Å². The largest absolute Gasteiger partial charge is 0.411 e. The van der Waals surface area contributed by atoms with Gasteiger partial charge in [-0.05, 0) is 25.8 Å². The van der Waals surface area contributed by atoms with Gasteiger partial charge in [-0.25, -0.2) is 0 Å². The zero-order valence-corrected chi connectivity index (χ0v) is 12.5. The Kier molecular flexibility index (Phi) is 6.02. The monoisotopic (exact) mass is 319 g/mol. The third kappa shape index (κ3) is 4.81. The van der Waals surface area contributed by atoms with E-state index in [2.05, 4.69) is 10.6 Å². The Morgan fingerprint density at radius 1 is 1.36 bits per heavy atom. The molecule has 2 rings (SSSR count). The fraction of sp³-hybridized carbons (Fsp3) is 0.733. The smallest absolute Gasteiger partial charge is 0.360 e. The first-order valence-electron chi connectivity index (χ1n) is 7.67. The molecule has 1 saturated heterocycles. The zero-order chi connectivity index (χ0) is 16.1. The molecule has 1 heterocycles. The molecular formula is C15H24F3N3O. The summed E-state index contributed by atoms with van der Waals surface area (Å²) in [5.74, 6) is 0. The normalized spacial score (nSPS) is 32.4. The number of allylic oxidation sites excluding steroid dienone is 2. The summed E-state index contributed by atoms with van der Waals surface area (Å²) in [5, 5.41) is 6.67. The average Bonchev–Trinajstić information content (AvgIpc) is 2.51. The van der Waals surface area contributed by atoms with E-state index in [0.29, 0.717) is 19.5 Å². The van der Waals surface area contributed by atoms with Gasteiger partial charge in [0.2, 0.25) is 0 Å². The lowest BCUT2D eigenvalue weighted by Crippen LogP contribution is -2.58. The Hall–Kier alpha value is -0.890. The highest BCUT2D eigenvalue weighted by Crippen LogP contribution is 2.33. The van der Waals surface area contributed by atoms with Crippen molar-refractivity contribution in [3.8, 4) is 0 Å². The van der Waals surface area contributed by atoms with Crippen LogP contribution in [-0.4, -0.2) is 50.1 Å². The third-order valence-corrected chi connectivity index (χ3v) is 4.14. The maximum absolute atomic E-state index is 12.6. The molecule has 0 amide bonds. The van der Waals surface area contributed by atoms with Crippen LogP contribution in [0.25, 0.3) is 0 Å². The lowest BCUT2D eigenvalue weighted by Gasteiger charge is -2.43. The number of ether oxygens (including phenoxy) is 1. The lowest BCUT2D eigenvalue weighted by molar-refractivity contribution is -0.202. The van der Waals surface area contributed by atoms with Crippen molar-refractivity contribution in [2.24, 2.45) is 5.73 Å². The third-order valence-electron chi connectivity index (χ3n) is 4.14. The zero-order valence-electron chi connectivity index (χ0n) is 12.5. The van der Waals surface area contributed by atoms with E-state index < -0.39 is 18.4 Å². The number of hydrogen-bond acceptors (Lipinski definition) is 4. The lowest BCUT2D eigenvalue weighted by atomic mass is 9.81. The van der Waals surface area contributed by atoms with Gasteiger partial charge in [0.25, 0.3) is 0 Å². The number of nitrogens with two attached hydrogens (primary N) is 1. The topological polar surface area (TPSA) is 59.3 Å². The Labute approximate surface area is 129 Å². The molecule has 0 aromatic carbocycles. The van der Waals surface area contributed by atoms with Gasteiger partial charge in [0, 0.05) is 25.2 Å². The van der Waals surface area contributed by atoms with Crippen LogP contribution in [0.15, 0.2) is 24.3 Å². The van der Waals surface area contributed by atoms with Gasteiger partial charge < -0.3 is 21.1 Å². The predicted molar refractivity (Wildman–Crippen MR) is 79.5 cm³/mol. The number of alkyl halides is 3. The predicted octanol–water partition coefficient (Wildman–Crippen LogP) is 1.49. The average molecular weight is 319 g/mol. The maximum atomic E-state index is 12.6. The first-order valence-corrected chi connectivity index (χ1v) is 7.67. The molecule has 4 N–H and O–H groups in total. The van der Waals surface area contributed by atoms with E-state index in [1.807, 2.05) is 12.2 Å². The second-order valence-corrected chi connectivity index (χ2v) is 5.82. The van der Waals surface area contributed by atoms with E-state index >= 15 is 0 Å². The highest BCUT2D eigenvalue weighted by atomic mass is 19.4. The minimum atomic E-state index is -4.33. The van der Waals surface area contributed by atoms with Gasteiger partial charge in [-0.2, -0.15) is 13.2 Å². The van der Waals surface area contributed by atoms with Crippen LogP contribution in [0.3, 0.4) is 0 Å². The molecule has 7 heteroatoms. The second kappa shape index (κ2) is 7.59. The molecule has 2 aliphatic rings. The fourth-order valence-electron chi connectivity index (χ4n) is 3.06. The molecule has 0 bridgehead atoms. The Morgan fingerprint density at radius 3 is 2.82 bits per heavy atom. The summed E-state index contributed by atoms with van der Waals surface area (Å²) in [6.07, 6.45) is 4.98. The van der Waals surface area contributed by atoms with Crippen molar-refractivity contribution >= 4 is 0 Å². The van der Waals surface area contributed by atoms with Crippen molar-refractivity contribution in [3.05, 3.63) is 24.3 Å². The molecule has 126 valence electrons. The molecule has 3 unspecified atom stereocenters. The molecular weight excluding hydrogens is 295 g/mol.